The van der Waals surface area contributed by atoms with Crippen LogP contribution in [0.1, 0.15) is 5.69 Å². The zero-order valence-electron chi connectivity index (χ0n) is 11.0. The van der Waals surface area contributed by atoms with E-state index in [1.54, 1.807) is 24.3 Å². The van der Waals surface area contributed by atoms with Gasteiger partial charge >= 0.3 is 6.09 Å². The van der Waals surface area contributed by atoms with E-state index >= 15 is 0 Å². The molecule has 2 rings (SSSR count). The summed E-state index contributed by atoms with van der Waals surface area (Å²) in [4.78, 5) is 15.2. The molecule has 0 atom stereocenters. The van der Waals surface area contributed by atoms with Gasteiger partial charge in [-0.1, -0.05) is 6.07 Å². The van der Waals surface area contributed by atoms with Crippen molar-refractivity contribution in [2.24, 2.45) is 0 Å². The number of hydrogen-bond acceptors (Lipinski definition) is 5. The van der Waals surface area contributed by atoms with E-state index in [1.165, 1.54) is 13.3 Å². The Bertz CT molecular complexity index is 584. The van der Waals surface area contributed by atoms with E-state index in [1.807, 2.05) is 12.1 Å². The minimum Gasteiger partial charge on any atom is -0.506 e. The SMILES string of the molecule is COC(=O)Nc1cccc(NCc2ccc(O)cn2)c1. The van der Waals surface area contributed by atoms with Crippen molar-refractivity contribution in [2.45, 2.75) is 6.54 Å². The highest BCUT2D eigenvalue weighted by Crippen LogP contribution is 2.16. The molecule has 0 fully saturated rings. The minimum atomic E-state index is -0.512. The van der Waals surface area contributed by atoms with Crippen molar-refractivity contribution in [3.8, 4) is 5.75 Å². The highest BCUT2D eigenvalue weighted by Gasteiger charge is 2.01. The maximum Gasteiger partial charge on any atom is 0.411 e. The van der Waals surface area contributed by atoms with Crippen LogP contribution in [-0.2, 0) is 11.3 Å². The predicted molar refractivity (Wildman–Crippen MR) is 75.7 cm³/mol. The van der Waals surface area contributed by atoms with Gasteiger partial charge in [0.25, 0.3) is 0 Å². The van der Waals surface area contributed by atoms with Gasteiger partial charge in [-0.3, -0.25) is 10.3 Å². The molecule has 0 spiro atoms. The molecule has 0 saturated carbocycles. The third-order valence-corrected chi connectivity index (χ3v) is 2.58. The molecule has 3 N–H and O–H groups in total. The van der Waals surface area contributed by atoms with Crippen LogP contribution >= 0.6 is 0 Å². The number of anilines is 2. The lowest BCUT2D eigenvalue weighted by molar-refractivity contribution is 0.187. The van der Waals surface area contributed by atoms with Crippen molar-refractivity contribution in [1.82, 2.24) is 4.98 Å². The Morgan fingerprint density at radius 3 is 2.80 bits per heavy atom. The minimum absolute atomic E-state index is 0.137. The molecule has 0 unspecified atom stereocenters. The van der Waals surface area contributed by atoms with E-state index in [-0.39, 0.29) is 5.75 Å². The standard InChI is InChI=1S/C14H15N3O3/c1-20-14(19)17-11-4-2-3-10(7-11)15-8-12-5-6-13(18)9-16-12/h2-7,9,15,18H,8H2,1H3,(H,17,19). The van der Waals surface area contributed by atoms with Gasteiger partial charge in [-0.25, -0.2) is 4.79 Å². The van der Waals surface area contributed by atoms with Gasteiger partial charge in [-0.2, -0.15) is 0 Å². The average molecular weight is 273 g/mol. The number of benzene rings is 1. The third kappa shape index (κ3) is 3.88. The first-order chi connectivity index (χ1) is 9.67. The van der Waals surface area contributed by atoms with Gasteiger partial charge in [0, 0.05) is 11.4 Å². The van der Waals surface area contributed by atoms with Crippen molar-refractivity contribution in [3.63, 3.8) is 0 Å². The summed E-state index contributed by atoms with van der Waals surface area (Å²) in [7, 11) is 1.31. The van der Waals surface area contributed by atoms with Crippen LogP contribution in [0.2, 0.25) is 0 Å². The number of pyridine rings is 1. The van der Waals surface area contributed by atoms with Gasteiger partial charge < -0.3 is 15.2 Å². The summed E-state index contributed by atoms with van der Waals surface area (Å²) >= 11 is 0. The number of methoxy groups -OCH3 is 1. The van der Waals surface area contributed by atoms with Crippen LogP contribution in [0.4, 0.5) is 16.2 Å². The fourth-order valence-corrected chi connectivity index (χ4v) is 1.59. The fourth-order valence-electron chi connectivity index (χ4n) is 1.59. The maximum atomic E-state index is 11.1. The quantitative estimate of drug-likeness (QED) is 0.797. The van der Waals surface area contributed by atoms with Crippen LogP contribution in [0.25, 0.3) is 0 Å². The highest BCUT2D eigenvalue weighted by molar-refractivity contribution is 5.85. The average Bonchev–Trinajstić information content (AvgIpc) is 2.47. The van der Waals surface area contributed by atoms with Crippen molar-refractivity contribution < 1.29 is 14.6 Å². The summed E-state index contributed by atoms with van der Waals surface area (Å²) in [6.07, 6.45) is 0.883. The zero-order chi connectivity index (χ0) is 14.4. The molecule has 104 valence electrons. The second-order valence-corrected chi connectivity index (χ2v) is 4.06. The summed E-state index contributed by atoms with van der Waals surface area (Å²) in [5, 5.41) is 14.9. The summed E-state index contributed by atoms with van der Waals surface area (Å²) in [6.45, 7) is 0.516. The number of rotatable bonds is 4. The number of aromatic nitrogens is 1. The smallest absolute Gasteiger partial charge is 0.411 e. The number of hydrogen-bond donors (Lipinski definition) is 3. The van der Waals surface area contributed by atoms with Crippen molar-refractivity contribution in [2.75, 3.05) is 17.7 Å². The predicted octanol–water partition coefficient (Wildman–Crippen LogP) is 2.58. The molecule has 20 heavy (non-hydrogen) atoms. The second-order valence-electron chi connectivity index (χ2n) is 4.06. The Labute approximate surface area is 116 Å². The lowest BCUT2D eigenvalue weighted by Gasteiger charge is -2.08. The monoisotopic (exact) mass is 273 g/mol. The number of ether oxygens (including phenoxy) is 1. The molecule has 6 nitrogen and oxygen atoms in total. The van der Waals surface area contributed by atoms with E-state index in [9.17, 15) is 4.79 Å². The summed E-state index contributed by atoms with van der Waals surface area (Å²) in [5.74, 6) is 0.137. The van der Waals surface area contributed by atoms with Crippen molar-refractivity contribution in [3.05, 3.63) is 48.3 Å². The summed E-state index contributed by atoms with van der Waals surface area (Å²) in [6, 6.07) is 10.6. The molecule has 1 aromatic heterocycles. The number of nitrogens with one attached hydrogen (secondary N) is 2. The molecule has 1 aromatic carbocycles. The molecule has 0 bridgehead atoms. The summed E-state index contributed by atoms with van der Waals surface area (Å²) < 4.78 is 4.53. The number of carbonyl (C=O) groups is 1. The molecular formula is C14H15N3O3. The van der Waals surface area contributed by atoms with Crippen LogP contribution in [0.3, 0.4) is 0 Å². The summed E-state index contributed by atoms with van der Waals surface area (Å²) in [5.41, 5.74) is 2.28. The van der Waals surface area contributed by atoms with Crippen LogP contribution in [-0.4, -0.2) is 23.3 Å². The number of nitrogens with zero attached hydrogens (tertiary/aromatic N) is 1. The molecule has 0 aliphatic heterocycles. The Balaban J connectivity index is 1.97. The van der Waals surface area contributed by atoms with Crippen molar-refractivity contribution in [1.29, 1.82) is 0 Å². The van der Waals surface area contributed by atoms with E-state index < -0.39 is 6.09 Å². The maximum absolute atomic E-state index is 11.1. The van der Waals surface area contributed by atoms with Crippen LogP contribution in [0, 0.1) is 0 Å². The largest absolute Gasteiger partial charge is 0.506 e. The van der Waals surface area contributed by atoms with Gasteiger partial charge in [0.2, 0.25) is 0 Å². The second kappa shape index (κ2) is 6.42. The molecule has 0 radical (unpaired) electrons. The first kappa shape index (κ1) is 13.7. The van der Waals surface area contributed by atoms with E-state index in [4.69, 9.17) is 5.11 Å². The van der Waals surface area contributed by atoms with Crippen molar-refractivity contribution >= 4 is 17.5 Å². The molecule has 0 aliphatic carbocycles. The Kier molecular flexibility index (Phi) is 4.39. The van der Waals surface area contributed by atoms with Gasteiger partial charge in [0.1, 0.15) is 5.75 Å². The van der Waals surface area contributed by atoms with Crippen LogP contribution in [0.5, 0.6) is 5.75 Å². The van der Waals surface area contributed by atoms with Gasteiger partial charge in [0.05, 0.1) is 25.5 Å². The topological polar surface area (TPSA) is 83.5 Å². The van der Waals surface area contributed by atoms with E-state index in [2.05, 4.69) is 20.4 Å². The van der Waals surface area contributed by atoms with Crippen LogP contribution < -0.4 is 10.6 Å². The number of amides is 1. The zero-order valence-corrected chi connectivity index (χ0v) is 11.0. The number of carbonyl (C=O) groups excluding carboxylic acids is 1. The first-order valence-electron chi connectivity index (χ1n) is 6.00. The van der Waals surface area contributed by atoms with E-state index in [0.29, 0.717) is 12.2 Å². The fraction of sp³-hybridized carbons (Fsp3) is 0.143. The van der Waals surface area contributed by atoms with Gasteiger partial charge in [0.15, 0.2) is 0 Å². The Hall–Kier alpha value is -2.76. The van der Waals surface area contributed by atoms with Gasteiger partial charge in [-0.15, -0.1) is 0 Å². The Morgan fingerprint density at radius 2 is 2.10 bits per heavy atom. The normalized spacial score (nSPS) is 9.85. The lowest BCUT2D eigenvalue weighted by Crippen LogP contribution is -2.11. The molecular weight excluding hydrogens is 258 g/mol. The third-order valence-electron chi connectivity index (χ3n) is 2.58. The molecule has 6 heteroatoms. The molecule has 0 aliphatic rings. The lowest BCUT2D eigenvalue weighted by atomic mass is 10.2. The van der Waals surface area contributed by atoms with Crippen LogP contribution in [0.15, 0.2) is 42.6 Å². The Morgan fingerprint density at radius 1 is 1.30 bits per heavy atom. The molecule has 1 heterocycles. The van der Waals surface area contributed by atoms with Gasteiger partial charge in [-0.05, 0) is 30.3 Å². The molecule has 1 amide bonds. The first-order valence-corrected chi connectivity index (χ1v) is 6.00. The highest BCUT2D eigenvalue weighted by atomic mass is 16.5. The number of aromatic hydroxyl groups is 1. The molecule has 0 saturated heterocycles. The molecule has 2 aromatic rings. The van der Waals surface area contributed by atoms with E-state index in [0.717, 1.165) is 11.4 Å².